The molecule has 0 heterocycles. The van der Waals surface area contributed by atoms with Crippen molar-refractivity contribution in [2.24, 2.45) is 0 Å². The minimum Gasteiger partial charge on any atom is -0.872 e. The summed E-state index contributed by atoms with van der Waals surface area (Å²) in [6, 6.07) is 0. The number of ketones is 3. The Morgan fingerprint density at radius 1 is 1.24 bits per heavy atom. The topological polar surface area (TPSA) is 124 Å². The van der Waals surface area contributed by atoms with Crippen LogP contribution in [0.3, 0.4) is 0 Å². The van der Waals surface area contributed by atoms with Gasteiger partial charge in [0, 0.05) is 18.1 Å². The van der Waals surface area contributed by atoms with Crippen molar-refractivity contribution < 1.29 is 34.4 Å². The zero-order valence-electron chi connectivity index (χ0n) is 11.2. The lowest BCUT2D eigenvalue weighted by Crippen LogP contribution is -2.22. The molecule has 1 aromatic carbocycles. The second-order valence-electron chi connectivity index (χ2n) is 4.54. The lowest BCUT2D eigenvalue weighted by atomic mass is 9.88. The summed E-state index contributed by atoms with van der Waals surface area (Å²) in [7, 11) is 1.16. The summed E-state index contributed by atoms with van der Waals surface area (Å²) in [6.45, 7) is 1.18. The molecular weight excluding hydrogens is 280 g/mol. The van der Waals surface area contributed by atoms with E-state index in [0.717, 1.165) is 13.2 Å². The van der Waals surface area contributed by atoms with Crippen LogP contribution in [0.5, 0.6) is 17.2 Å². The summed E-state index contributed by atoms with van der Waals surface area (Å²) in [6.07, 6.45) is 0.368. The Bertz CT molecular complexity index is 713. The fraction of sp³-hybridized carbons (Fsp3) is 0.214. The van der Waals surface area contributed by atoms with E-state index in [4.69, 9.17) is 4.74 Å². The molecule has 0 aromatic heterocycles. The van der Waals surface area contributed by atoms with Crippen LogP contribution in [0.15, 0.2) is 11.8 Å². The molecule has 0 saturated carbocycles. The van der Waals surface area contributed by atoms with Gasteiger partial charge in [0.05, 0.1) is 12.7 Å². The van der Waals surface area contributed by atoms with Crippen LogP contribution in [0.4, 0.5) is 0 Å². The molecule has 0 fully saturated rings. The number of Topliss-reactive ketones (excluding diaryl/α,β-unsaturated/α-hetero) is 2. The van der Waals surface area contributed by atoms with Crippen LogP contribution in [0.1, 0.15) is 33.2 Å². The quantitative estimate of drug-likeness (QED) is 0.763. The van der Waals surface area contributed by atoms with Gasteiger partial charge in [0.15, 0.2) is 23.0 Å². The molecule has 0 radical (unpaired) electrons. The van der Waals surface area contributed by atoms with Crippen molar-refractivity contribution in [2.75, 3.05) is 7.11 Å². The average molecular weight is 291 g/mol. The number of phenols is 2. The van der Waals surface area contributed by atoms with E-state index in [1.54, 1.807) is 0 Å². The second kappa shape index (κ2) is 4.93. The van der Waals surface area contributed by atoms with E-state index in [9.17, 15) is 29.7 Å². The van der Waals surface area contributed by atoms with Crippen LogP contribution in [0, 0.1) is 0 Å². The first-order chi connectivity index (χ1) is 9.79. The van der Waals surface area contributed by atoms with Gasteiger partial charge >= 0.3 is 0 Å². The second-order valence-corrected chi connectivity index (χ2v) is 4.54. The first-order valence-electron chi connectivity index (χ1n) is 5.91. The number of phenolic OH excluding ortho intramolecular Hbond substituents is 2. The highest BCUT2D eigenvalue weighted by Gasteiger charge is 2.33. The molecule has 0 spiro atoms. The smallest absolute Gasteiger partial charge is 0.227 e. The summed E-state index contributed by atoms with van der Waals surface area (Å²) in [4.78, 5) is 35.1. The third kappa shape index (κ3) is 2.12. The molecule has 0 saturated heterocycles. The van der Waals surface area contributed by atoms with Gasteiger partial charge in [0.2, 0.25) is 5.78 Å². The Morgan fingerprint density at radius 2 is 1.86 bits per heavy atom. The van der Waals surface area contributed by atoms with Crippen molar-refractivity contribution in [2.45, 2.75) is 13.3 Å². The molecule has 0 atom stereocenters. The molecule has 0 bridgehead atoms. The van der Waals surface area contributed by atoms with Gasteiger partial charge in [-0.1, -0.05) is 5.75 Å². The predicted molar refractivity (Wildman–Crippen MR) is 67.4 cm³/mol. The number of benzene rings is 1. The molecule has 2 rings (SSSR count). The molecule has 110 valence electrons. The molecule has 7 heteroatoms. The normalized spacial score (nSPS) is 13.7. The number of aromatic hydroxyl groups is 2. The van der Waals surface area contributed by atoms with Gasteiger partial charge in [-0.05, 0) is 12.5 Å². The maximum atomic E-state index is 12.3. The summed E-state index contributed by atoms with van der Waals surface area (Å²) < 4.78 is 4.72. The van der Waals surface area contributed by atoms with E-state index in [0.29, 0.717) is 0 Å². The van der Waals surface area contributed by atoms with E-state index in [1.807, 2.05) is 0 Å². The van der Waals surface area contributed by atoms with Crippen LogP contribution in [0.2, 0.25) is 0 Å². The minimum absolute atomic E-state index is 0.344. The Balaban J connectivity index is 2.81. The highest BCUT2D eigenvalue weighted by Crippen LogP contribution is 2.44. The number of hydrogen-bond acceptors (Lipinski definition) is 7. The van der Waals surface area contributed by atoms with Crippen molar-refractivity contribution in [1.82, 2.24) is 0 Å². The largest absolute Gasteiger partial charge is 0.872 e. The maximum absolute atomic E-state index is 12.3. The number of rotatable bonds is 3. The molecule has 0 amide bonds. The molecule has 1 aromatic rings. The zero-order valence-corrected chi connectivity index (χ0v) is 11.2. The molecule has 0 unspecified atom stereocenters. The number of allylic oxidation sites excluding steroid dienone is 2. The van der Waals surface area contributed by atoms with Gasteiger partial charge in [-0.25, -0.2) is 0 Å². The molecule has 7 nitrogen and oxygen atoms in total. The zero-order chi connectivity index (χ0) is 15.9. The number of ether oxygens (including phenoxy) is 1. The van der Waals surface area contributed by atoms with Gasteiger partial charge in [0.25, 0.3) is 0 Å². The third-order valence-corrected chi connectivity index (χ3v) is 3.10. The number of fused-ring (bicyclic) bond motifs is 1. The van der Waals surface area contributed by atoms with Crippen molar-refractivity contribution in [3.63, 3.8) is 0 Å². The van der Waals surface area contributed by atoms with Gasteiger partial charge in [-0.2, -0.15) is 0 Å². The Hall–Kier alpha value is -2.83. The van der Waals surface area contributed by atoms with E-state index in [2.05, 4.69) is 0 Å². The molecular formula is C14H11O7-. The van der Waals surface area contributed by atoms with Crippen LogP contribution < -0.4 is 5.11 Å². The number of methoxy groups -OCH3 is 1. The third-order valence-electron chi connectivity index (χ3n) is 3.10. The molecule has 2 N–H and O–H groups in total. The van der Waals surface area contributed by atoms with Gasteiger partial charge in [-0.3, -0.25) is 14.4 Å². The fourth-order valence-corrected chi connectivity index (χ4v) is 2.15. The predicted octanol–water partition coefficient (Wildman–Crippen LogP) is 0.212. The van der Waals surface area contributed by atoms with Crippen LogP contribution in [-0.4, -0.2) is 34.7 Å². The number of carbonyl (C=O) groups is 3. The van der Waals surface area contributed by atoms with E-state index >= 15 is 0 Å². The summed E-state index contributed by atoms with van der Waals surface area (Å²) in [5.41, 5.74) is -1.58. The highest BCUT2D eigenvalue weighted by molar-refractivity contribution is 6.26. The lowest BCUT2D eigenvalue weighted by Gasteiger charge is -2.25. The van der Waals surface area contributed by atoms with Crippen molar-refractivity contribution in [3.8, 4) is 17.2 Å². The number of carbonyl (C=O) groups excluding carboxylic acids is 3. The Labute approximate surface area is 119 Å². The van der Waals surface area contributed by atoms with E-state index in [-0.39, 0.29) is 5.76 Å². The van der Waals surface area contributed by atoms with Gasteiger partial charge < -0.3 is 20.1 Å². The van der Waals surface area contributed by atoms with Crippen LogP contribution in [0.25, 0.3) is 0 Å². The molecule has 1 aliphatic carbocycles. The number of hydrogen-bond donors (Lipinski definition) is 2. The first kappa shape index (κ1) is 14.6. The Morgan fingerprint density at radius 3 is 2.38 bits per heavy atom. The van der Waals surface area contributed by atoms with Crippen LogP contribution in [-0.2, 0) is 16.0 Å². The fourth-order valence-electron chi connectivity index (χ4n) is 2.15. The first-order valence-corrected chi connectivity index (χ1v) is 5.91. The molecule has 21 heavy (non-hydrogen) atoms. The van der Waals surface area contributed by atoms with E-state index in [1.165, 1.54) is 6.92 Å². The van der Waals surface area contributed by atoms with Crippen molar-refractivity contribution >= 4 is 17.3 Å². The monoisotopic (exact) mass is 291 g/mol. The Kier molecular flexibility index (Phi) is 3.42. The van der Waals surface area contributed by atoms with Crippen molar-refractivity contribution in [3.05, 3.63) is 28.5 Å². The van der Waals surface area contributed by atoms with Gasteiger partial charge in [0.1, 0.15) is 5.78 Å². The molecule has 1 aliphatic rings. The van der Waals surface area contributed by atoms with E-state index < -0.39 is 57.7 Å². The van der Waals surface area contributed by atoms with Gasteiger partial charge in [-0.15, -0.1) is 0 Å². The SMILES string of the molecule is COC1=CC(=O)c2c(O)c(O)c(CC(C)=O)c([O-])c2C1=O. The van der Waals surface area contributed by atoms with Crippen molar-refractivity contribution in [1.29, 1.82) is 0 Å². The summed E-state index contributed by atoms with van der Waals surface area (Å²) in [5, 5.41) is 31.9. The highest BCUT2D eigenvalue weighted by atomic mass is 16.5. The standard InChI is InChI=1S/C14H12O7/c1-5(15)3-6-11(17)10-9(14(20)12(6)18)7(16)4-8(21-2)13(10)19/h4,17-18,20H,3H2,1-2H3/p-1. The minimum atomic E-state index is -0.962. The summed E-state index contributed by atoms with van der Waals surface area (Å²) >= 11 is 0. The van der Waals surface area contributed by atoms with Crippen LogP contribution >= 0.6 is 0 Å². The molecule has 0 aliphatic heterocycles. The lowest BCUT2D eigenvalue weighted by molar-refractivity contribution is -0.270. The summed E-state index contributed by atoms with van der Waals surface area (Å²) in [5.74, 6) is -5.20. The maximum Gasteiger partial charge on any atom is 0.227 e. The average Bonchev–Trinajstić information content (AvgIpc) is 2.42.